The van der Waals surface area contributed by atoms with Crippen molar-refractivity contribution in [2.75, 3.05) is 0 Å². The number of fused-ring (bicyclic) bond motifs is 6. The van der Waals surface area contributed by atoms with Gasteiger partial charge in [-0.25, -0.2) is 0 Å². The second-order valence-electron chi connectivity index (χ2n) is 17.5. The summed E-state index contributed by atoms with van der Waals surface area (Å²) >= 11 is 0. The van der Waals surface area contributed by atoms with E-state index in [1.165, 1.54) is 132 Å². The number of aromatic nitrogens is 2. The molecule has 290 valence electrons. The van der Waals surface area contributed by atoms with Gasteiger partial charge in [0.2, 0.25) is 0 Å². The molecule has 0 aliphatic heterocycles. The molecule has 0 atom stereocenters. The Morgan fingerprint density at radius 1 is 0.286 bits per heavy atom. The summed E-state index contributed by atoms with van der Waals surface area (Å²) in [6.45, 7) is 0. The van der Waals surface area contributed by atoms with Crippen molar-refractivity contribution in [3.05, 3.63) is 176 Å². The zero-order chi connectivity index (χ0) is 43.1. The van der Waals surface area contributed by atoms with Gasteiger partial charge in [-0.05, 0) is 92.4 Å². The lowest BCUT2D eigenvalue weighted by molar-refractivity contribution is 1.18. The molecule has 0 radical (unpaired) electrons. The Bertz CT molecular complexity index is 3600. The average molecular weight is 796 g/mol. The normalized spacial score (nSPS) is 11.6. The average Bonchev–Trinajstić information content (AvgIpc) is 3.87. The number of nitrogens with zero attached hydrogens (tertiary/aromatic N) is 2. The number of hydrogen-bond donors (Lipinski definition) is 0. The summed E-state index contributed by atoms with van der Waals surface area (Å²) in [5, 5.41) is 5.24. The number of benzene rings is 9. The quantitative estimate of drug-likeness (QED) is 0.229. The molecule has 0 saturated heterocycles. The van der Waals surface area contributed by atoms with Gasteiger partial charge in [0.15, 0.2) is 0 Å². The molecule has 0 aliphatic rings. The van der Waals surface area contributed by atoms with E-state index in [2.05, 4.69) is 240 Å². The standard InChI is InChI=1S/C54H43B7N2/c55-46-42(47(56)51(60)53-44(46)45-48(57)49(58)50(59)52(61)54(45)63(53)37-26-23-33(24-27-37)31-13-6-2-7-14-31)35-25-28-40-39(29-35)43-38(17-10-18-41(43)62(40)36-15-8-3-9-16-36)34-21-19-32(20-22-34)30-11-4-1-5-12-30/h1-29H,55-61H2. The van der Waals surface area contributed by atoms with Crippen LogP contribution in [-0.2, 0) is 0 Å². The highest BCUT2D eigenvalue weighted by atomic mass is 15.0. The van der Waals surface area contributed by atoms with Crippen LogP contribution in [0.2, 0.25) is 0 Å². The van der Waals surface area contributed by atoms with Crippen LogP contribution in [0.25, 0.3) is 99.5 Å². The third-order valence-corrected chi connectivity index (χ3v) is 14.3. The van der Waals surface area contributed by atoms with Crippen LogP contribution in [0.1, 0.15) is 0 Å². The smallest absolute Gasteiger partial charge is 0.141 e. The summed E-state index contributed by atoms with van der Waals surface area (Å²) < 4.78 is 5.01. The zero-order valence-electron chi connectivity index (χ0n) is 37.1. The van der Waals surface area contributed by atoms with Gasteiger partial charge < -0.3 is 9.13 Å². The van der Waals surface area contributed by atoms with Gasteiger partial charge in [-0.3, -0.25) is 0 Å². The number of para-hydroxylation sites is 1. The van der Waals surface area contributed by atoms with Crippen molar-refractivity contribution in [3.63, 3.8) is 0 Å². The van der Waals surface area contributed by atoms with E-state index in [1.807, 2.05) is 0 Å². The van der Waals surface area contributed by atoms with Crippen molar-refractivity contribution in [3.8, 4) is 55.9 Å². The van der Waals surface area contributed by atoms with E-state index in [-0.39, 0.29) is 0 Å². The van der Waals surface area contributed by atoms with Crippen molar-refractivity contribution >= 4 is 137 Å². The Balaban J connectivity index is 1.17. The third kappa shape index (κ3) is 6.04. The minimum atomic E-state index is 1.16. The Morgan fingerprint density at radius 3 is 1.38 bits per heavy atom. The summed E-state index contributed by atoms with van der Waals surface area (Å²) in [5.74, 6) is 0. The molecular formula is C54H43B7N2. The van der Waals surface area contributed by atoms with Gasteiger partial charge >= 0.3 is 0 Å². The van der Waals surface area contributed by atoms with Crippen LogP contribution in [0.4, 0.5) is 0 Å². The van der Waals surface area contributed by atoms with E-state index in [9.17, 15) is 0 Å². The summed E-state index contributed by atoms with van der Waals surface area (Å²) in [6.07, 6.45) is 0. The third-order valence-electron chi connectivity index (χ3n) is 14.3. The van der Waals surface area contributed by atoms with E-state index in [0.717, 1.165) is 5.69 Å². The van der Waals surface area contributed by atoms with Crippen LogP contribution in [0, 0.1) is 0 Å². The predicted molar refractivity (Wildman–Crippen MR) is 294 cm³/mol. The molecule has 0 saturated carbocycles. The zero-order valence-corrected chi connectivity index (χ0v) is 37.1. The predicted octanol–water partition coefficient (Wildman–Crippen LogP) is 2.36. The number of rotatable bonds is 6. The monoisotopic (exact) mass is 796 g/mol. The van der Waals surface area contributed by atoms with Gasteiger partial charge in [0.25, 0.3) is 0 Å². The lowest BCUT2D eigenvalue weighted by Crippen LogP contribution is -2.48. The minimum Gasteiger partial charge on any atom is -0.310 e. The van der Waals surface area contributed by atoms with E-state index >= 15 is 0 Å². The lowest BCUT2D eigenvalue weighted by Gasteiger charge is -2.19. The topological polar surface area (TPSA) is 9.86 Å². The molecule has 0 N–H and O–H groups in total. The fourth-order valence-electron chi connectivity index (χ4n) is 10.6. The lowest BCUT2D eigenvalue weighted by atomic mass is 9.64. The largest absolute Gasteiger partial charge is 0.310 e. The molecule has 2 aromatic heterocycles. The minimum absolute atomic E-state index is 1.16. The van der Waals surface area contributed by atoms with Crippen molar-refractivity contribution in [2.45, 2.75) is 0 Å². The fraction of sp³-hybridized carbons (Fsp3) is 0. The molecule has 0 unspecified atom stereocenters. The molecule has 0 spiro atoms. The second-order valence-corrected chi connectivity index (χ2v) is 17.5. The van der Waals surface area contributed by atoms with Crippen LogP contribution in [0.5, 0.6) is 0 Å². The van der Waals surface area contributed by atoms with Gasteiger partial charge in [-0.1, -0.05) is 166 Å². The van der Waals surface area contributed by atoms with Crippen LogP contribution < -0.4 is 38.2 Å². The van der Waals surface area contributed by atoms with Crippen LogP contribution in [0.3, 0.4) is 0 Å². The molecule has 0 amide bonds. The van der Waals surface area contributed by atoms with Crippen LogP contribution >= 0.6 is 0 Å². The van der Waals surface area contributed by atoms with Gasteiger partial charge in [-0.15, -0.1) is 5.46 Å². The van der Waals surface area contributed by atoms with Crippen molar-refractivity contribution in [1.82, 2.24) is 9.13 Å². The second kappa shape index (κ2) is 15.1. The van der Waals surface area contributed by atoms with E-state index in [1.54, 1.807) is 0 Å². The molecule has 63 heavy (non-hydrogen) atoms. The first-order valence-electron chi connectivity index (χ1n) is 22.2. The van der Waals surface area contributed by atoms with Crippen molar-refractivity contribution in [1.29, 1.82) is 0 Å². The molecule has 11 aromatic rings. The highest BCUT2D eigenvalue weighted by molar-refractivity contribution is 6.69. The van der Waals surface area contributed by atoms with Crippen molar-refractivity contribution < 1.29 is 0 Å². The molecule has 2 heterocycles. The van der Waals surface area contributed by atoms with E-state index < -0.39 is 0 Å². The van der Waals surface area contributed by atoms with Gasteiger partial charge in [0.1, 0.15) is 54.9 Å². The summed E-state index contributed by atoms with van der Waals surface area (Å²) in [4.78, 5) is 0. The maximum absolute atomic E-state index is 2.57. The molecular weight excluding hydrogens is 752 g/mol. The fourth-order valence-corrected chi connectivity index (χ4v) is 10.6. The molecule has 9 heteroatoms. The Kier molecular flexibility index (Phi) is 9.35. The molecule has 0 bridgehead atoms. The van der Waals surface area contributed by atoms with Crippen LogP contribution in [-0.4, -0.2) is 64.1 Å². The first kappa shape index (κ1) is 38.9. The summed E-state index contributed by atoms with van der Waals surface area (Å²) in [6, 6.07) is 64.4. The molecule has 0 fully saturated rings. The highest BCUT2D eigenvalue weighted by Gasteiger charge is 2.25. The van der Waals surface area contributed by atoms with E-state index in [0.29, 0.717) is 0 Å². The SMILES string of the molecule is Bc1c(B)c(B)c2c(c1B)c1c(B)c(-c3ccc4c(c3)c3c(-c5ccc(-c6ccccc6)cc5)cccc3n4-c3ccccc3)c(B)c(B)c1n2-c1ccc(-c2ccccc2)cc1. The Hall–Kier alpha value is -6.97. The van der Waals surface area contributed by atoms with Gasteiger partial charge in [0.05, 0.1) is 11.0 Å². The van der Waals surface area contributed by atoms with Gasteiger partial charge in [0, 0.05) is 38.6 Å². The molecule has 11 rings (SSSR count). The first-order chi connectivity index (χ1) is 30.7. The highest BCUT2D eigenvalue weighted by Crippen LogP contribution is 2.41. The first-order valence-corrected chi connectivity index (χ1v) is 22.2. The van der Waals surface area contributed by atoms with Crippen LogP contribution in [0.15, 0.2) is 176 Å². The summed E-state index contributed by atoms with van der Waals surface area (Å²) in [5.41, 5.74) is 26.7. The Labute approximate surface area is 375 Å². The molecule has 2 nitrogen and oxygen atoms in total. The van der Waals surface area contributed by atoms with Gasteiger partial charge in [-0.2, -0.15) is 0 Å². The van der Waals surface area contributed by atoms with E-state index in [4.69, 9.17) is 0 Å². The maximum atomic E-state index is 2.57. The molecule has 9 aromatic carbocycles. The maximum Gasteiger partial charge on any atom is 0.141 e. The van der Waals surface area contributed by atoms with Crippen molar-refractivity contribution in [2.24, 2.45) is 0 Å². The molecule has 0 aliphatic carbocycles. The number of hydrogen-bond acceptors (Lipinski definition) is 0. The summed E-state index contributed by atoms with van der Waals surface area (Å²) in [7, 11) is 16.3. The Morgan fingerprint density at radius 2 is 0.762 bits per heavy atom.